The molecule has 0 radical (unpaired) electrons. The van der Waals surface area contributed by atoms with Gasteiger partial charge < -0.3 is 14.4 Å². The molecule has 7 heteroatoms. The van der Waals surface area contributed by atoms with Gasteiger partial charge in [-0.3, -0.25) is 5.21 Å². The second-order valence-corrected chi connectivity index (χ2v) is 4.85. The molecule has 1 N–H and O–H groups in total. The van der Waals surface area contributed by atoms with Crippen LogP contribution in [0.1, 0.15) is 26.2 Å². The van der Waals surface area contributed by atoms with Gasteiger partial charge in [0, 0.05) is 19.0 Å². The summed E-state index contributed by atoms with van der Waals surface area (Å²) in [6.07, 6.45) is 0.815. The van der Waals surface area contributed by atoms with Crippen LogP contribution in [0.5, 0.6) is 0 Å². The number of carbonyl (C=O) groups excluding carboxylic acids is 2. The van der Waals surface area contributed by atoms with E-state index in [0.29, 0.717) is 11.6 Å². The first-order chi connectivity index (χ1) is 8.50. The summed E-state index contributed by atoms with van der Waals surface area (Å²) in [5.74, 6) is 0. The van der Waals surface area contributed by atoms with Gasteiger partial charge in [0.25, 0.3) is 0 Å². The average molecular weight is 258 g/mol. The van der Waals surface area contributed by atoms with Gasteiger partial charge in [-0.2, -0.15) is 5.06 Å². The molecule has 1 saturated heterocycles. The van der Waals surface area contributed by atoms with Crippen LogP contribution in [-0.2, 0) is 9.47 Å². The van der Waals surface area contributed by atoms with Crippen molar-refractivity contribution < 1.29 is 24.3 Å². The van der Waals surface area contributed by atoms with Crippen LogP contribution < -0.4 is 0 Å². The quantitative estimate of drug-likeness (QED) is 0.598. The molecule has 2 fully saturated rings. The lowest BCUT2D eigenvalue weighted by atomic mass is 9.66. The zero-order chi connectivity index (χ0) is 13.3. The molecular weight excluding hydrogens is 240 g/mol. The van der Waals surface area contributed by atoms with E-state index in [0.717, 1.165) is 19.3 Å². The number of hydrogen-bond donors (Lipinski definition) is 1. The van der Waals surface area contributed by atoms with Gasteiger partial charge >= 0.3 is 12.2 Å². The Morgan fingerprint density at radius 1 is 1.56 bits per heavy atom. The van der Waals surface area contributed by atoms with Crippen LogP contribution in [0, 0.1) is 5.41 Å². The molecule has 1 aliphatic carbocycles. The highest BCUT2D eigenvalue weighted by Crippen LogP contribution is 2.48. The van der Waals surface area contributed by atoms with Crippen molar-refractivity contribution in [2.75, 3.05) is 20.2 Å². The van der Waals surface area contributed by atoms with E-state index in [4.69, 9.17) is 9.47 Å². The maximum atomic E-state index is 11.7. The van der Waals surface area contributed by atoms with Gasteiger partial charge in [-0.1, -0.05) is 6.42 Å². The first kappa shape index (κ1) is 12.9. The first-order valence-electron chi connectivity index (χ1n) is 6.07. The van der Waals surface area contributed by atoms with Crippen molar-refractivity contribution in [3.05, 3.63) is 0 Å². The van der Waals surface area contributed by atoms with Crippen LogP contribution in [0.3, 0.4) is 0 Å². The molecule has 7 nitrogen and oxygen atoms in total. The smallest absolute Gasteiger partial charge is 0.435 e. The summed E-state index contributed by atoms with van der Waals surface area (Å²) in [7, 11) is 1.62. The summed E-state index contributed by atoms with van der Waals surface area (Å²) in [5, 5.41) is 10.3. The summed E-state index contributed by atoms with van der Waals surface area (Å²) in [5.41, 5.74) is -0.371. The number of nitrogens with zero attached hydrogens (tertiary/aromatic N) is 2. The van der Waals surface area contributed by atoms with Gasteiger partial charge in [0.2, 0.25) is 6.23 Å². The lowest BCUT2D eigenvalue weighted by Crippen LogP contribution is -2.65. The van der Waals surface area contributed by atoms with E-state index in [1.807, 2.05) is 0 Å². The minimum Gasteiger partial charge on any atom is -0.435 e. The fourth-order valence-corrected chi connectivity index (χ4v) is 2.61. The lowest BCUT2D eigenvalue weighted by Gasteiger charge is -2.53. The molecule has 18 heavy (non-hydrogen) atoms. The Kier molecular flexibility index (Phi) is 3.34. The Labute approximate surface area is 105 Å². The van der Waals surface area contributed by atoms with Crippen molar-refractivity contribution in [1.29, 1.82) is 0 Å². The number of carbonyl (C=O) groups is 2. The number of urea groups is 1. The van der Waals surface area contributed by atoms with Gasteiger partial charge in [-0.05, 0) is 19.8 Å². The maximum absolute atomic E-state index is 11.7. The maximum Gasteiger partial charge on any atom is 0.510 e. The van der Waals surface area contributed by atoms with E-state index in [-0.39, 0.29) is 12.0 Å². The molecule has 1 aliphatic heterocycles. The Balaban J connectivity index is 2.13. The van der Waals surface area contributed by atoms with E-state index in [9.17, 15) is 14.8 Å². The predicted octanol–water partition coefficient (Wildman–Crippen LogP) is 1.41. The van der Waals surface area contributed by atoms with Gasteiger partial charge in [0.1, 0.15) is 0 Å². The van der Waals surface area contributed by atoms with E-state index >= 15 is 0 Å². The number of ether oxygens (including phenoxy) is 2. The number of amides is 2. The molecule has 2 rings (SSSR count). The topological polar surface area (TPSA) is 79.3 Å². The predicted molar refractivity (Wildman–Crippen MR) is 59.8 cm³/mol. The van der Waals surface area contributed by atoms with Crippen molar-refractivity contribution in [3.8, 4) is 0 Å². The highest BCUT2D eigenvalue weighted by molar-refractivity contribution is 5.74. The van der Waals surface area contributed by atoms with Gasteiger partial charge in [-0.25, -0.2) is 9.59 Å². The summed E-state index contributed by atoms with van der Waals surface area (Å²) in [6.45, 7) is 2.34. The highest BCUT2D eigenvalue weighted by Gasteiger charge is 2.55. The molecule has 1 saturated carbocycles. The second-order valence-electron chi connectivity index (χ2n) is 4.85. The van der Waals surface area contributed by atoms with Crippen LogP contribution in [0.2, 0.25) is 0 Å². The van der Waals surface area contributed by atoms with E-state index < -0.39 is 18.4 Å². The first-order valence-corrected chi connectivity index (χ1v) is 6.07. The van der Waals surface area contributed by atoms with Gasteiger partial charge in [0.05, 0.1) is 6.61 Å². The molecule has 1 spiro atoms. The summed E-state index contributed by atoms with van der Waals surface area (Å²) < 4.78 is 9.78. The van der Waals surface area contributed by atoms with Gasteiger partial charge in [0.15, 0.2) is 0 Å². The Morgan fingerprint density at radius 3 is 2.72 bits per heavy atom. The number of hydroxylamine groups is 2. The normalized spacial score (nSPS) is 25.9. The van der Waals surface area contributed by atoms with E-state index in [2.05, 4.69) is 0 Å². The van der Waals surface area contributed by atoms with Crippen LogP contribution in [-0.4, -0.2) is 53.8 Å². The largest absolute Gasteiger partial charge is 0.510 e. The second kappa shape index (κ2) is 4.64. The highest BCUT2D eigenvalue weighted by atomic mass is 16.7. The molecule has 1 atom stereocenters. The van der Waals surface area contributed by atoms with Crippen molar-refractivity contribution in [1.82, 2.24) is 9.96 Å². The van der Waals surface area contributed by atoms with Crippen LogP contribution >= 0.6 is 0 Å². The molecule has 0 aromatic carbocycles. The molecule has 2 aliphatic rings. The average Bonchev–Trinajstić information content (AvgIpc) is 2.28. The third kappa shape index (κ3) is 1.98. The molecule has 0 aromatic rings. The fraction of sp³-hybridized carbons (Fsp3) is 0.818. The molecule has 0 bridgehead atoms. The molecular formula is C11H18N2O5. The molecule has 2 amide bonds. The zero-order valence-corrected chi connectivity index (χ0v) is 10.6. The van der Waals surface area contributed by atoms with Crippen molar-refractivity contribution in [3.63, 3.8) is 0 Å². The Bertz CT molecular complexity index is 355. The third-order valence-corrected chi connectivity index (χ3v) is 3.64. The summed E-state index contributed by atoms with van der Waals surface area (Å²) in [4.78, 5) is 24.5. The minimum atomic E-state index is -0.950. The Morgan fingerprint density at radius 2 is 2.22 bits per heavy atom. The standard InChI is InChI=1S/C11H18N2O5/c1-3-17-10(15)18-8-11(5-4-6-11)7-12(2)9(14)13(8)16/h8,16H,3-7H2,1-2H3. The minimum absolute atomic E-state index is 0.192. The lowest BCUT2D eigenvalue weighted by molar-refractivity contribution is -0.249. The molecule has 0 aromatic heterocycles. The van der Waals surface area contributed by atoms with Crippen molar-refractivity contribution in [2.24, 2.45) is 5.41 Å². The van der Waals surface area contributed by atoms with Gasteiger partial charge in [-0.15, -0.1) is 0 Å². The Hall–Kier alpha value is -1.50. The zero-order valence-electron chi connectivity index (χ0n) is 10.6. The number of hydrogen-bond acceptors (Lipinski definition) is 5. The third-order valence-electron chi connectivity index (χ3n) is 3.64. The van der Waals surface area contributed by atoms with E-state index in [1.54, 1.807) is 14.0 Å². The van der Waals surface area contributed by atoms with Crippen LogP contribution in [0.15, 0.2) is 0 Å². The number of rotatable bonds is 2. The van der Waals surface area contributed by atoms with E-state index in [1.165, 1.54) is 4.90 Å². The van der Waals surface area contributed by atoms with Crippen molar-refractivity contribution >= 4 is 12.2 Å². The summed E-state index contributed by atoms with van der Waals surface area (Å²) >= 11 is 0. The molecule has 1 unspecified atom stereocenters. The fourth-order valence-electron chi connectivity index (χ4n) is 2.61. The van der Waals surface area contributed by atoms with Crippen LogP contribution in [0.25, 0.3) is 0 Å². The SMILES string of the molecule is CCOC(=O)OC1N(O)C(=O)N(C)CC12CCC2. The molecule has 1 heterocycles. The van der Waals surface area contributed by atoms with Crippen LogP contribution in [0.4, 0.5) is 9.59 Å². The monoisotopic (exact) mass is 258 g/mol. The van der Waals surface area contributed by atoms with Crippen molar-refractivity contribution in [2.45, 2.75) is 32.4 Å². The summed E-state index contributed by atoms with van der Waals surface area (Å²) in [6, 6.07) is -0.568. The molecule has 102 valence electrons.